The Kier molecular flexibility index (Phi) is 12.7. The van der Waals surface area contributed by atoms with Crippen LogP contribution in [0, 0.1) is 34.9 Å². The van der Waals surface area contributed by atoms with Crippen LogP contribution in [0.2, 0.25) is 0 Å². The van der Waals surface area contributed by atoms with E-state index in [1.54, 1.807) is 36.4 Å². The van der Waals surface area contributed by atoms with Gasteiger partial charge in [0.15, 0.2) is 23.3 Å². The number of fused-ring (bicyclic) bond motifs is 9. The summed E-state index contributed by atoms with van der Waals surface area (Å²) in [5.41, 5.74) is 7.53. The van der Waals surface area contributed by atoms with Crippen LogP contribution in [-0.4, -0.2) is 0 Å². The minimum Gasteiger partial charge on any atom is -0.457 e. The first-order valence-corrected chi connectivity index (χ1v) is 28.5. The number of anilines is 3. The first-order chi connectivity index (χ1) is 42.9. The van der Waals surface area contributed by atoms with E-state index in [4.69, 9.17) is 13.9 Å². The van der Waals surface area contributed by atoms with Crippen LogP contribution in [-0.2, 0) is 10.8 Å². The second-order valence-corrected chi connectivity index (χ2v) is 22.0. The lowest BCUT2D eigenvalue weighted by molar-refractivity contribution is 0.480. The molecule has 2 atom stereocenters. The van der Waals surface area contributed by atoms with Gasteiger partial charge < -0.3 is 18.8 Å². The lowest BCUT2D eigenvalue weighted by Gasteiger charge is -2.36. The quantitative estimate of drug-likeness (QED) is 0.0851. The summed E-state index contributed by atoms with van der Waals surface area (Å²) in [7, 11) is 0. The summed E-state index contributed by atoms with van der Waals surface area (Å²) < 4.78 is 117. The zero-order valence-electron chi connectivity index (χ0n) is 46.7. The largest absolute Gasteiger partial charge is 0.457 e. The molecule has 0 fully saturated rings. The molecule has 88 heavy (non-hydrogen) atoms. The number of ether oxygens (including phenoxy) is 2. The number of hydrogen-bond donors (Lipinski definition) is 0. The molecule has 0 spiro atoms. The minimum absolute atomic E-state index is 0.130. The fourth-order valence-corrected chi connectivity index (χ4v) is 13.4. The Morgan fingerprint density at radius 1 is 0.318 bits per heavy atom. The molecular weight excluding hydrogens is 1110 g/mol. The highest BCUT2D eigenvalue weighted by Gasteiger charge is 2.50. The number of hydrogen-bond acceptors (Lipinski definition) is 4. The van der Waals surface area contributed by atoms with Crippen molar-refractivity contribution in [2.75, 3.05) is 4.90 Å². The van der Waals surface area contributed by atoms with Crippen LogP contribution < -0.4 is 14.4 Å². The maximum Gasteiger partial charge on any atom is 0.161 e. The lowest BCUT2D eigenvalue weighted by Crippen LogP contribution is -2.31. The van der Waals surface area contributed by atoms with Crippen molar-refractivity contribution in [1.82, 2.24) is 0 Å². The molecule has 0 aliphatic heterocycles. The van der Waals surface area contributed by atoms with E-state index in [0.717, 1.165) is 45.2 Å². The molecule has 13 aromatic rings. The highest BCUT2D eigenvalue weighted by molar-refractivity contribution is 6.06. The van der Waals surface area contributed by atoms with Crippen molar-refractivity contribution in [1.29, 1.82) is 0 Å². The number of halogens is 6. The first kappa shape index (κ1) is 53.6. The smallest absolute Gasteiger partial charge is 0.161 e. The molecule has 15 rings (SSSR count). The monoisotopic (exact) mass is 1160 g/mol. The molecule has 1 aromatic heterocycles. The summed E-state index contributed by atoms with van der Waals surface area (Å²) >= 11 is 0. The molecular formula is C78H47F6NO3. The molecule has 2 aliphatic carbocycles. The van der Waals surface area contributed by atoms with Crippen molar-refractivity contribution in [3.63, 3.8) is 0 Å². The summed E-state index contributed by atoms with van der Waals surface area (Å²) in [5.74, 6) is -5.01. The summed E-state index contributed by atoms with van der Waals surface area (Å²) in [4.78, 5) is 2.00. The fourth-order valence-electron chi connectivity index (χ4n) is 13.4. The van der Waals surface area contributed by atoms with Gasteiger partial charge in [-0.25, -0.2) is 26.3 Å². The van der Waals surface area contributed by atoms with E-state index >= 15 is 26.3 Å². The normalized spacial score (nSPS) is 15.3. The van der Waals surface area contributed by atoms with E-state index in [1.807, 2.05) is 205 Å². The summed E-state index contributed by atoms with van der Waals surface area (Å²) in [6.07, 6.45) is 3.47. The zero-order valence-corrected chi connectivity index (χ0v) is 46.7. The van der Waals surface area contributed by atoms with Crippen molar-refractivity contribution in [2.24, 2.45) is 0 Å². The number of para-hydroxylation sites is 1. The van der Waals surface area contributed by atoms with Crippen LogP contribution in [0.3, 0.4) is 0 Å². The Morgan fingerprint density at radius 2 is 0.693 bits per heavy atom. The third-order valence-corrected chi connectivity index (χ3v) is 17.3. The fraction of sp³-hybridized carbons (Fsp3) is 0.0256. The topological polar surface area (TPSA) is 34.8 Å². The first-order valence-electron chi connectivity index (χ1n) is 28.5. The van der Waals surface area contributed by atoms with Crippen LogP contribution in [0.15, 0.2) is 266 Å². The van der Waals surface area contributed by atoms with E-state index in [2.05, 4.69) is 13.2 Å². The van der Waals surface area contributed by atoms with E-state index in [-0.39, 0.29) is 11.1 Å². The second kappa shape index (κ2) is 20.9. The number of nitrogens with zero attached hydrogens (tertiary/aromatic N) is 1. The van der Waals surface area contributed by atoms with Gasteiger partial charge in [0, 0.05) is 57.2 Å². The van der Waals surface area contributed by atoms with E-state index in [0.29, 0.717) is 108 Å². The summed E-state index contributed by atoms with van der Waals surface area (Å²) in [6.45, 7) is 7.70. The van der Waals surface area contributed by atoms with Gasteiger partial charge in [-0.3, -0.25) is 0 Å². The van der Waals surface area contributed by atoms with Crippen molar-refractivity contribution >= 4 is 51.2 Å². The van der Waals surface area contributed by atoms with Crippen LogP contribution in [0.5, 0.6) is 23.0 Å². The predicted molar refractivity (Wildman–Crippen MR) is 336 cm³/mol. The molecule has 1 heterocycles. The SMILES string of the molecule is C=Cc1ccc(Oc2ccc(C3(c4cc(F)c(F)cc4F)c4ccccc4-c4ccc(N(c5ccc6c(c5)C(c5ccc(Oc7ccc(C=C)cc7)cc5)(c5cc(F)c(F)cc5F)c5ccccc5-6)c5ccc6c(c5)oc5ccccc56)cc43)cc2)cc1. The molecule has 424 valence electrons. The third-order valence-electron chi connectivity index (χ3n) is 17.3. The second-order valence-electron chi connectivity index (χ2n) is 22.0. The average molecular weight is 1160 g/mol. The van der Waals surface area contributed by atoms with Gasteiger partial charge in [0.1, 0.15) is 45.8 Å². The zero-order chi connectivity index (χ0) is 60.0. The third kappa shape index (κ3) is 8.38. The molecule has 0 saturated heterocycles. The van der Waals surface area contributed by atoms with Gasteiger partial charge >= 0.3 is 0 Å². The van der Waals surface area contributed by atoms with Crippen molar-refractivity contribution in [3.05, 3.63) is 352 Å². The number of furan rings is 1. The van der Waals surface area contributed by atoms with Crippen LogP contribution >= 0.6 is 0 Å². The Hall–Kier alpha value is -11.1. The van der Waals surface area contributed by atoms with Crippen LogP contribution in [0.4, 0.5) is 43.4 Å². The maximum atomic E-state index is 17.3. The van der Waals surface area contributed by atoms with Gasteiger partial charge in [0.05, 0.1) is 10.8 Å². The van der Waals surface area contributed by atoms with Gasteiger partial charge in [-0.1, -0.05) is 153 Å². The van der Waals surface area contributed by atoms with E-state index in [1.165, 1.54) is 0 Å². The van der Waals surface area contributed by atoms with Crippen LogP contribution in [0.25, 0.3) is 56.3 Å². The van der Waals surface area contributed by atoms with Gasteiger partial charge in [-0.2, -0.15) is 0 Å². The Morgan fingerprint density at radius 3 is 1.16 bits per heavy atom. The van der Waals surface area contributed by atoms with Crippen molar-refractivity contribution in [3.8, 4) is 45.3 Å². The van der Waals surface area contributed by atoms with Crippen molar-refractivity contribution < 1.29 is 40.2 Å². The van der Waals surface area contributed by atoms with Gasteiger partial charge in [-0.05, 0) is 170 Å². The van der Waals surface area contributed by atoms with Crippen LogP contribution in [0.1, 0.15) is 55.6 Å². The molecule has 2 unspecified atom stereocenters. The van der Waals surface area contributed by atoms with E-state index in [9.17, 15) is 0 Å². The van der Waals surface area contributed by atoms with E-state index < -0.39 is 45.7 Å². The molecule has 4 nitrogen and oxygen atoms in total. The molecule has 0 radical (unpaired) electrons. The highest BCUT2D eigenvalue weighted by atomic mass is 19.2. The summed E-state index contributed by atoms with van der Waals surface area (Å²) in [6, 6.07) is 72.5. The molecule has 0 bridgehead atoms. The number of benzene rings is 12. The molecule has 0 saturated carbocycles. The van der Waals surface area contributed by atoms with Crippen molar-refractivity contribution in [2.45, 2.75) is 10.8 Å². The highest BCUT2D eigenvalue weighted by Crippen LogP contribution is 2.61. The molecule has 10 heteroatoms. The lowest BCUT2D eigenvalue weighted by atomic mass is 9.67. The van der Waals surface area contributed by atoms with Gasteiger partial charge in [0.2, 0.25) is 0 Å². The Balaban J connectivity index is 0.970. The molecule has 2 aliphatic rings. The Bertz CT molecular complexity index is 4720. The molecule has 0 amide bonds. The predicted octanol–water partition coefficient (Wildman–Crippen LogP) is 21.5. The number of rotatable bonds is 13. The summed E-state index contributed by atoms with van der Waals surface area (Å²) in [5, 5.41) is 1.76. The van der Waals surface area contributed by atoms with Gasteiger partial charge in [0.25, 0.3) is 0 Å². The maximum absolute atomic E-state index is 17.3. The minimum atomic E-state index is -1.62. The van der Waals surface area contributed by atoms with Gasteiger partial charge in [-0.15, -0.1) is 0 Å². The Labute approximate surface area is 502 Å². The standard InChI is InChI=1S/C78H47F6NO3/c1-3-46-17-28-53(29-18-46)86-55-32-21-48(22-33-55)77(67-42-71(81)73(83)44-69(67)79)63-14-8-5-11-57(63)59-36-25-50(39-65(59)77)85(52-27-38-62-61-13-7-10-16-75(61)88-76(62)41-52)51-26-37-60-58-12-6-9-15-64(58)78(66(60)40-51,68-43-72(82)74(84)45-70(68)80)49-23-34-56(35-24-49)87-54-30-19-47(4-2)20-31-54/h3-45H,1-2H2. The molecule has 0 N–H and O–H groups in total. The molecule has 12 aromatic carbocycles. The average Bonchev–Trinajstić information content (AvgIpc) is 1.52.